The molecule has 2 amide bonds. The number of esters is 1. The Morgan fingerprint density at radius 2 is 1.74 bits per heavy atom. The maximum Gasteiger partial charge on any atom is 0.425 e. The molecule has 0 radical (unpaired) electrons. The number of halogens is 3. The second-order valence-electron chi connectivity index (χ2n) is 7.42. The van der Waals surface area contributed by atoms with Gasteiger partial charge in [0.15, 0.2) is 12.4 Å². The molecule has 2 rings (SSSR count). The first kappa shape index (κ1) is 24.7. The van der Waals surface area contributed by atoms with Crippen LogP contribution < -0.4 is 5.43 Å². The van der Waals surface area contributed by atoms with E-state index in [9.17, 15) is 28.0 Å². The van der Waals surface area contributed by atoms with Gasteiger partial charge in [-0.3, -0.25) is 14.4 Å². The summed E-state index contributed by atoms with van der Waals surface area (Å²) in [7, 11) is 1.09. The lowest BCUT2D eigenvalue weighted by molar-refractivity contribution is -0.154. The van der Waals surface area contributed by atoms with E-state index < -0.39 is 67.0 Å². The molecular weight excluding hydrogens is 482 g/mol. The van der Waals surface area contributed by atoms with Gasteiger partial charge in [-0.1, -0.05) is 28.1 Å². The summed E-state index contributed by atoms with van der Waals surface area (Å²) in [4.78, 5) is 49.1. The fraction of sp³-hybridized carbons (Fsp3) is 0.500. The minimum atomic E-state index is -3.27. The van der Waals surface area contributed by atoms with Gasteiger partial charge in [0.1, 0.15) is 0 Å². The number of nitrogens with one attached hydrogen (secondary N) is 1. The van der Waals surface area contributed by atoms with Crippen LogP contribution in [0.3, 0.4) is 0 Å². The molecule has 8 nitrogen and oxygen atoms in total. The summed E-state index contributed by atoms with van der Waals surface area (Å²) >= 11 is 3.24. The van der Waals surface area contributed by atoms with E-state index in [1.807, 2.05) is 0 Å². The molecule has 1 N–H and O–H groups in total. The topological polar surface area (TPSA) is 102 Å². The lowest BCUT2D eigenvalue weighted by Gasteiger charge is -2.30. The third-order valence-electron chi connectivity index (χ3n) is 4.81. The first-order valence-corrected chi connectivity index (χ1v) is 10.3. The standard InChI is InChI=1S/C20H23BrF2N2O6/c1-11(2)25(24-19(29)30-3)17(27)14-8-20(22,23)9-15(14)18(28)31-10-16(26)12-4-6-13(21)7-5-12/h4-7,11,14-15H,8-10H2,1-3H3,(H,24,29)/t14-,15+/m1/s1. The van der Waals surface area contributed by atoms with Crippen molar-refractivity contribution in [3.8, 4) is 0 Å². The van der Waals surface area contributed by atoms with Crippen LogP contribution in [0.5, 0.6) is 0 Å². The van der Waals surface area contributed by atoms with Crippen LogP contribution in [-0.2, 0) is 19.1 Å². The van der Waals surface area contributed by atoms with Gasteiger partial charge in [-0.25, -0.2) is 24.0 Å². The normalized spacial score (nSPS) is 19.6. The van der Waals surface area contributed by atoms with E-state index in [2.05, 4.69) is 26.1 Å². The summed E-state index contributed by atoms with van der Waals surface area (Å²) in [5.74, 6) is -8.59. The summed E-state index contributed by atoms with van der Waals surface area (Å²) in [6.45, 7) is 2.48. The molecule has 1 aliphatic carbocycles. The van der Waals surface area contributed by atoms with Crippen LogP contribution in [0.2, 0.25) is 0 Å². The molecule has 0 saturated heterocycles. The third kappa shape index (κ3) is 6.46. The summed E-state index contributed by atoms with van der Waals surface area (Å²) < 4.78 is 38.4. The molecular formula is C20H23BrF2N2O6. The predicted octanol–water partition coefficient (Wildman–Crippen LogP) is 3.34. The molecule has 1 aromatic rings. The Labute approximate surface area is 186 Å². The molecule has 0 unspecified atom stereocenters. The number of hydrogen-bond donors (Lipinski definition) is 1. The highest BCUT2D eigenvalue weighted by Gasteiger charge is 2.54. The Morgan fingerprint density at radius 1 is 1.16 bits per heavy atom. The van der Waals surface area contributed by atoms with E-state index in [-0.39, 0.29) is 5.56 Å². The average molecular weight is 505 g/mol. The Balaban J connectivity index is 2.11. The molecule has 0 aromatic heterocycles. The Hall–Kier alpha value is -2.56. The van der Waals surface area contributed by atoms with E-state index in [0.717, 1.165) is 16.6 Å². The van der Waals surface area contributed by atoms with Gasteiger partial charge >= 0.3 is 12.1 Å². The van der Waals surface area contributed by atoms with Crippen LogP contribution in [0.4, 0.5) is 13.6 Å². The van der Waals surface area contributed by atoms with Crippen molar-refractivity contribution in [3.63, 3.8) is 0 Å². The van der Waals surface area contributed by atoms with E-state index in [4.69, 9.17) is 4.74 Å². The monoisotopic (exact) mass is 504 g/mol. The van der Waals surface area contributed by atoms with Gasteiger partial charge in [0.05, 0.1) is 18.9 Å². The summed E-state index contributed by atoms with van der Waals surface area (Å²) in [6.07, 6.45) is -2.72. The number of Topliss-reactive ketones (excluding diaryl/α,β-unsaturated/α-hetero) is 1. The fourth-order valence-corrected chi connectivity index (χ4v) is 3.51. The molecule has 1 aliphatic rings. The highest BCUT2D eigenvalue weighted by Crippen LogP contribution is 2.44. The van der Waals surface area contributed by atoms with Crippen molar-refractivity contribution in [2.75, 3.05) is 13.7 Å². The molecule has 0 bridgehead atoms. The number of benzene rings is 1. The number of methoxy groups -OCH3 is 1. The van der Waals surface area contributed by atoms with Gasteiger partial charge in [-0.15, -0.1) is 0 Å². The van der Waals surface area contributed by atoms with Gasteiger partial charge < -0.3 is 9.47 Å². The highest BCUT2D eigenvalue weighted by molar-refractivity contribution is 9.10. The number of hydrogen-bond acceptors (Lipinski definition) is 6. The highest BCUT2D eigenvalue weighted by atomic mass is 79.9. The minimum Gasteiger partial charge on any atom is -0.457 e. The molecule has 0 heterocycles. The number of carbonyl (C=O) groups excluding carboxylic acids is 4. The first-order chi connectivity index (χ1) is 14.4. The number of hydrazine groups is 1. The van der Waals surface area contributed by atoms with Crippen LogP contribution in [-0.4, -0.2) is 54.4 Å². The van der Waals surface area contributed by atoms with Crippen LogP contribution in [0, 0.1) is 11.8 Å². The van der Waals surface area contributed by atoms with Crippen molar-refractivity contribution in [3.05, 3.63) is 34.3 Å². The Kier molecular flexibility index (Phi) is 8.10. The lowest BCUT2D eigenvalue weighted by atomic mass is 9.94. The zero-order valence-electron chi connectivity index (χ0n) is 17.2. The third-order valence-corrected chi connectivity index (χ3v) is 5.33. The maximum atomic E-state index is 14.1. The fourth-order valence-electron chi connectivity index (χ4n) is 3.24. The van der Waals surface area contributed by atoms with E-state index in [1.165, 1.54) is 12.1 Å². The number of amides is 2. The number of nitrogens with zero attached hydrogens (tertiary/aromatic N) is 1. The minimum absolute atomic E-state index is 0.286. The van der Waals surface area contributed by atoms with Crippen LogP contribution in [0.1, 0.15) is 37.0 Å². The lowest BCUT2D eigenvalue weighted by Crippen LogP contribution is -2.53. The van der Waals surface area contributed by atoms with Crippen LogP contribution >= 0.6 is 15.9 Å². The molecule has 31 heavy (non-hydrogen) atoms. The largest absolute Gasteiger partial charge is 0.457 e. The Bertz CT molecular complexity index is 847. The number of ketones is 1. The zero-order chi connectivity index (χ0) is 23.3. The van der Waals surface area contributed by atoms with Crippen LogP contribution in [0.25, 0.3) is 0 Å². The molecule has 0 spiro atoms. The Morgan fingerprint density at radius 3 is 2.29 bits per heavy atom. The number of alkyl halides is 2. The van der Waals surface area contributed by atoms with Gasteiger partial charge in [0.25, 0.3) is 0 Å². The predicted molar refractivity (Wildman–Crippen MR) is 108 cm³/mol. The smallest absolute Gasteiger partial charge is 0.425 e. The molecule has 170 valence electrons. The summed E-state index contributed by atoms with van der Waals surface area (Å²) in [5.41, 5.74) is 2.46. The SMILES string of the molecule is COC(=O)NN(C(=O)[C@@H]1CC(F)(F)C[C@@H]1C(=O)OCC(=O)c1ccc(Br)cc1)C(C)C. The summed E-state index contributed by atoms with van der Waals surface area (Å²) in [6, 6.07) is 5.73. The van der Waals surface area contributed by atoms with Gasteiger partial charge in [-0.05, 0) is 26.0 Å². The van der Waals surface area contributed by atoms with Crippen molar-refractivity contribution >= 4 is 39.7 Å². The number of ether oxygens (including phenoxy) is 2. The molecule has 1 saturated carbocycles. The molecule has 1 aromatic carbocycles. The van der Waals surface area contributed by atoms with Gasteiger partial charge in [0.2, 0.25) is 11.8 Å². The number of rotatable bonds is 6. The van der Waals surface area contributed by atoms with Gasteiger partial charge in [-0.2, -0.15) is 0 Å². The molecule has 0 aliphatic heterocycles. The second-order valence-corrected chi connectivity index (χ2v) is 8.34. The maximum absolute atomic E-state index is 14.1. The van der Waals surface area contributed by atoms with Crippen molar-refractivity contribution < 1.29 is 37.4 Å². The van der Waals surface area contributed by atoms with Crippen molar-refractivity contribution in [1.82, 2.24) is 10.4 Å². The summed E-state index contributed by atoms with van der Waals surface area (Å²) in [5, 5.41) is 0.852. The average Bonchev–Trinajstić information content (AvgIpc) is 3.05. The molecule has 2 atom stereocenters. The van der Waals surface area contributed by atoms with Gasteiger partial charge in [0, 0.05) is 28.9 Å². The molecule has 1 fully saturated rings. The first-order valence-electron chi connectivity index (χ1n) is 9.46. The second kappa shape index (κ2) is 10.2. The van der Waals surface area contributed by atoms with Crippen LogP contribution in [0.15, 0.2) is 28.7 Å². The number of carbonyl (C=O) groups is 4. The zero-order valence-corrected chi connectivity index (χ0v) is 18.8. The van der Waals surface area contributed by atoms with Crippen molar-refractivity contribution in [2.45, 2.75) is 38.7 Å². The van der Waals surface area contributed by atoms with Crippen molar-refractivity contribution in [1.29, 1.82) is 0 Å². The van der Waals surface area contributed by atoms with E-state index in [0.29, 0.717) is 0 Å². The van der Waals surface area contributed by atoms with E-state index >= 15 is 0 Å². The van der Waals surface area contributed by atoms with Crippen molar-refractivity contribution in [2.24, 2.45) is 11.8 Å². The quantitative estimate of drug-likeness (QED) is 0.362. The molecule has 11 heteroatoms. The van der Waals surface area contributed by atoms with E-state index in [1.54, 1.807) is 26.0 Å².